The molecule has 3 aromatic rings. The Balaban J connectivity index is 1.80. The molecule has 1 saturated heterocycles. The largest absolute Gasteiger partial charge is 0.508 e. The van der Waals surface area contributed by atoms with Crippen LogP contribution in [-0.4, -0.2) is 21.2 Å². The summed E-state index contributed by atoms with van der Waals surface area (Å²) in [5.74, 6) is 0.213. The van der Waals surface area contributed by atoms with E-state index in [-0.39, 0.29) is 10.7 Å². The number of pyridine rings is 1. The number of thioether (sulfide) groups is 1. The van der Waals surface area contributed by atoms with Crippen molar-refractivity contribution < 1.29 is 19.1 Å². The minimum atomic E-state index is -0.428. The predicted octanol–water partition coefficient (Wildman–Crippen LogP) is 3.52. The van der Waals surface area contributed by atoms with E-state index in [2.05, 4.69) is 10.3 Å². The van der Waals surface area contributed by atoms with Gasteiger partial charge in [-0.1, -0.05) is 12.1 Å². The van der Waals surface area contributed by atoms with Crippen LogP contribution < -0.4 is 5.32 Å². The molecule has 0 bridgehead atoms. The van der Waals surface area contributed by atoms with Gasteiger partial charge >= 0.3 is 0 Å². The predicted molar refractivity (Wildman–Crippen MR) is 90.2 cm³/mol. The molecule has 118 valence electrons. The van der Waals surface area contributed by atoms with Gasteiger partial charge in [0.25, 0.3) is 11.1 Å². The highest BCUT2D eigenvalue weighted by atomic mass is 32.2. The number of phenolic OH excluding ortho intramolecular Hbond substituents is 1. The van der Waals surface area contributed by atoms with Crippen LogP contribution in [0.3, 0.4) is 0 Å². The first-order valence-corrected chi connectivity index (χ1v) is 7.83. The SMILES string of the molecule is O=C1NC(=O)C(=Cc2cc3cncc(-c4ccc(O)cc4)c3o2)S1. The minimum Gasteiger partial charge on any atom is -0.508 e. The molecule has 2 aromatic heterocycles. The second-order valence-electron chi connectivity index (χ2n) is 5.15. The third kappa shape index (κ3) is 2.55. The van der Waals surface area contributed by atoms with Crippen LogP contribution in [0.25, 0.3) is 28.2 Å². The number of nitrogens with zero attached hydrogens (tertiary/aromatic N) is 1. The van der Waals surface area contributed by atoms with Gasteiger partial charge in [-0.2, -0.15) is 0 Å². The Hall–Kier alpha value is -3.06. The molecule has 24 heavy (non-hydrogen) atoms. The Kier molecular flexibility index (Phi) is 3.35. The summed E-state index contributed by atoms with van der Waals surface area (Å²) in [7, 11) is 0. The minimum absolute atomic E-state index is 0.178. The maximum atomic E-state index is 11.6. The van der Waals surface area contributed by atoms with E-state index < -0.39 is 11.1 Å². The quantitative estimate of drug-likeness (QED) is 0.695. The maximum absolute atomic E-state index is 11.6. The molecule has 3 heterocycles. The van der Waals surface area contributed by atoms with Crippen molar-refractivity contribution in [1.29, 1.82) is 0 Å². The molecule has 0 spiro atoms. The molecule has 1 aliphatic rings. The molecule has 1 aliphatic heterocycles. The number of furan rings is 1. The van der Waals surface area contributed by atoms with E-state index in [4.69, 9.17) is 4.42 Å². The van der Waals surface area contributed by atoms with E-state index in [0.29, 0.717) is 11.3 Å². The Bertz CT molecular complexity index is 1010. The number of carbonyl (C=O) groups is 2. The average Bonchev–Trinajstić information content (AvgIpc) is 3.10. The Morgan fingerprint density at radius 2 is 1.96 bits per heavy atom. The number of rotatable bonds is 2. The van der Waals surface area contributed by atoms with Crippen molar-refractivity contribution in [1.82, 2.24) is 10.3 Å². The first-order chi connectivity index (χ1) is 11.6. The number of phenols is 1. The molecule has 7 heteroatoms. The topological polar surface area (TPSA) is 92.4 Å². The van der Waals surface area contributed by atoms with Crippen molar-refractivity contribution in [2.24, 2.45) is 0 Å². The summed E-state index contributed by atoms with van der Waals surface area (Å²) >= 11 is 0.839. The van der Waals surface area contributed by atoms with Crippen molar-refractivity contribution in [3.8, 4) is 16.9 Å². The van der Waals surface area contributed by atoms with E-state index in [1.165, 1.54) is 6.08 Å². The van der Waals surface area contributed by atoms with Crippen molar-refractivity contribution in [2.75, 3.05) is 0 Å². The molecule has 1 fully saturated rings. The third-order valence-corrected chi connectivity index (χ3v) is 4.35. The summed E-state index contributed by atoms with van der Waals surface area (Å²) in [5, 5.41) is 12.0. The maximum Gasteiger partial charge on any atom is 0.290 e. The standard InChI is InChI=1S/C17H10N2O4S/c20-11-3-1-9(2-4-11)13-8-18-7-10-5-12(23-15(10)13)6-14-16(21)19-17(22)24-14/h1-8,20H,(H,19,21,22). The number of benzene rings is 1. The number of amides is 2. The number of aromatic hydroxyl groups is 1. The van der Waals surface area contributed by atoms with E-state index in [9.17, 15) is 14.7 Å². The van der Waals surface area contributed by atoms with Crippen LogP contribution in [0.4, 0.5) is 4.79 Å². The van der Waals surface area contributed by atoms with Gasteiger partial charge in [-0.25, -0.2) is 0 Å². The van der Waals surface area contributed by atoms with E-state index in [1.54, 1.807) is 42.7 Å². The van der Waals surface area contributed by atoms with Gasteiger partial charge in [0.15, 0.2) is 0 Å². The number of fused-ring (bicyclic) bond motifs is 1. The zero-order valence-corrected chi connectivity index (χ0v) is 13.0. The molecule has 0 atom stereocenters. The fourth-order valence-electron chi connectivity index (χ4n) is 2.45. The molecule has 6 nitrogen and oxygen atoms in total. The fraction of sp³-hybridized carbons (Fsp3) is 0. The first kappa shape index (κ1) is 14.5. The van der Waals surface area contributed by atoms with E-state index >= 15 is 0 Å². The van der Waals surface area contributed by atoms with Gasteiger partial charge < -0.3 is 9.52 Å². The van der Waals surface area contributed by atoms with Crippen LogP contribution in [-0.2, 0) is 4.79 Å². The molecule has 0 saturated carbocycles. The van der Waals surface area contributed by atoms with Gasteiger partial charge in [0, 0.05) is 29.4 Å². The number of hydrogen-bond donors (Lipinski definition) is 2. The molecule has 0 aliphatic carbocycles. The third-order valence-electron chi connectivity index (χ3n) is 3.54. The monoisotopic (exact) mass is 338 g/mol. The van der Waals surface area contributed by atoms with Gasteiger partial charge in [0.05, 0.1) is 4.91 Å². The van der Waals surface area contributed by atoms with Gasteiger partial charge in [0.2, 0.25) is 0 Å². The highest BCUT2D eigenvalue weighted by molar-refractivity contribution is 8.18. The lowest BCUT2D eigenvalue weighted by molar-refractivity contribution is -0.115. The van der Waals surface area contributed by atoms with E-state index in [1.807, 2.05) is 0 Å². The summed E-state index contributed by atoms with van der Waals surface area (Å²) in [5.41, 5.74) is 2.25. The summed E-state index contributed by atoms with van der Waals surface area (Å²) in [6, 6.07) is 8.48. The summed E-state index contributed by atoms with van der Waals surface area (Å²) in [4.78, 5) is 27.3. The Morgan fingerprint density at radius 1 is 1.17 bits per heavy atom. The van der Waals surface area contributed by atoms with Crippen molar-refractivity contribution in [2.45, 2.75) is 0 Å². The van der Waals surface area contributed by atoms with Crippen LogP contribution in [0.1, 0.15) is 5.76 Å². The number of hydrogen-bond acceptors (Lipinski definition) is 6. The highest BCUT2D eigenvalue weighted by Crippen LogP contribution is 2.33. The van der Waals surface area contributed by atoms with Gasteiger partial charge in [0.1, 0.15) is 17.1 Å². The average molecular weight is 338 g/mol. The summed E-state index contributed by atoms with van der Waals surface area (Å²) in [6.07, 6.45) is 4.87. The normalized spacial score (nSPS) is 16.1. The lowest BCUT2D eigenvalue weighted by atomic mass is 10.1. The highest BCUT2D eigenvalue weighted by Gasteiger charge is 2.25. The second kappa shape index (κ2) is 5.54. The Morgan fingerprint density at radius 3 is 2.67 bits per heavy atom. The zero-order chi connectivity index (χ0) is 16.7. The lowest BCUT2D eigenvalue weighted by Crippen LogP contribution is -2.17. The van der Waals surface area contributed by atoms with Crippen LogP contribution >= 0.6 is 11.8 Å². The van der Waals surface area contributed by atoms with Crippen molar-refractivity contribution >= 4 is 40.0 Å². The van der Waals surface area contributed by atoms with Crippen molar-refractivity contribution in [3.63, 3.8) is 0 Å². The van der Waals surface area contributed by atoms with Crippen LogP contribution in [0, 0.1) is 0 Å². The molecular weight excluding hydrogens is 328 g/mol. The van der Waals surface area contributed by atoms with E-state index in [0.717, 1.165) is 28.3 Å². The van der Waals surface area contributed by atoms with Gasteiger partial charge in [-0.05, 0) is 35.5 Å². The molecule has 4 rings (SSSR count). The molecule has 1 aromatic carbocycles. The van der Waals surface area contributed by atoms with Crippen LogP contribution in [0.5, 0.6) is 5.75 Å². The number of nitrogens with one attached hydrogen (secondary N) is 1. The molecule has 2 amide bonds. The smallest absolute Gasteiger partial charge is 0.290 e. The molecule has 0 unspecified atom stereocenters. The van der Waals surface area contributed by atoms with Crippen molar-refractivity contribution in [3.05, 3.63) is 53.4 Å². The number of imide groups is 1. The first-order valence-electron chi connectivity index (χ1n) is 7.02. The summed E-state index contributed by atoms with van der Waals surface area (Å²) in [6.45, 7) is 0. The zero-order valence-electron chi connectivity index (χ0n) is 12.1. The fourth-order valence-corrected chi connectivity index (χ4v) is 3.11. The molecule has 2 N–H and O–H groups in total. The Labute approximate surface area is 140 Å². The van der Waals surface area contributed by atoms with Crippen LogP contribution in [0.2, 0.25) is 0 Å². The molecule has 0 radical (unpaired) electrons. The van der Waals surface area contributed by atoms with Crippen LogP contribution in [0.15, 0.2) is 52.0 Å². The number of carbonyl (C=O) groups excluding carboxylic acids is 2. The van der Waals surface area contributed by atoms with Gasteiger partial charge in [-0.3, -0.25) is 19.9 Å². The molecular formula is C17H10N2O4S. The summed E-state index contributed by atoms with van der Waals surface area (Å²) < 4.78 is 5.85. The number of aromatic nitrogens is 1. The second-order valence-corrected chi connectivity index (χ2v) is 6.17. The lowest BCUT2D eigenvalue weighted by Gasteiger charge is -2.02. The van der Waals surface area contributed by atoms with Gasteiger partial charge in [-0.15, -0.1) is 0 Å².